The molecule has 1 atom stereocenters. The van der Waals surface area contributed by atoms with Crippen LogP contribution in [-0.2, 0) is 9.53 Å². The van der Waals surface area contributed by atoms with Gasteiger partial charge in [-0.05, 0) is 27.2 Å². The predicted octanol–water partition coefficient (Wildman–Crippen LogP) is 2.33. The summed E-state index contributed by atoms with van der Waals surface area (Å²) in [5.74, 6) is 0.965. The van der Waals surface area contributed by atoms with Crippen molar-refractivity contribution < 1.29 is 9.53 Å². The van der Waals surface area contributed by atoms with E-state index in [2.05, 4.69) is 6.92 Å². The molecule has 0 saturated carbocycles. The van der Waals surface area contributed by atoms with Crippen LogP contribution < -0.4 is 0 Å². The molecule has 1 unspecified atom stereocenters. The number of hydrogen-bond acceptors (Lipinski definition) is 2. The third kappa shape index (κ3) is 2.52. The Balaban J connectivity index is 2.72. The highest BCUT2D eigenvalue weighted by molar-refractivity contribution is 5.94. The van der Waals surface area contributed by atoms with E-state index in [0.717, 1.165) is 37.3 Å². The topological polar surface area (TPSA) is 29.5 Å². The monoisotopic (exact) mass is 211 g/mol. The van der Waals surface area contributed by atoms with Gasteiger partial charge in [-0.15, -0.1) is 0 Å². The molecule has 0 aromatic rings. The first-order valence-corrected chi connectivity index (χ1v) is 5.79. The normalized spacial score (nSPS) is 20.4. The Labute approximate surface area is 92.1 Å². The lowest BCUT2D eigenvalue weighted by molar-refractivity contribution is -0.126. The zero-order chi connectivity index (χ0) is 11.4. The summed E-state index contributed by atoms with van der Waals surface area (Å²) in [6, 6.07) is 0. The fourth-order valence-electron chi connectivity index (χ4n) is 1.90. The number of amides is 1. The van der Waals surface area contributed by atoms with Gasteiger partial charge in [0.15, 0.2) is 0 Å². The lowest BCUT2D eigenvalue weighted by Crippen LogP contribution is -2.31. The first-order chi connectivity index (χ1) is 7.13. The van der Waals surface area contributed by atoms with E-state index in [9.17, 15) is 4.79 Å². The molecule has 15 heavy (non-hydrogen) atoms. The van der Waals surface area contributed by atoms with Gasteiger partial charge < -0.3 is 9.64 Å². The molecule has 0 radical (unpaired) electrons. The molecule has 0 spiro atoms. The van der Waals surface area contributed by atoms with E-state index >= 15 is 0 Å². The van der Waals surface area contributed by atoms with Crippen LogP contribution in [0.4, 0.5) is 0 Å². The van der Waals surface area contributed by atoms with Crippen LogP contribution in [0.25, 0.3) is 0 Å². The van der Waals surface area contributed by atoms with Gasteiger partial charge in [-0.1, -0.05) is 6.92 Å². The van der Waals surface area contributed by atoms with Crippen LogP contribution in [0.1, 0.15) is 40.5 Å². The van der Waals surface area contributed by atoms with Crippen LogP contribution in [0, 0.1) is 0 Å². The number of carbonyl (C=O) groups excluding carboxylic acids is 1. The fourth-order valence-corrected chi connectivity index (χ4v) is 1.90. The Kier molecular flexibility index (Phi) is 4.18. The summed E-state index contributed by atoms with van der Waals surface area (Å²) in [6.45, 7) is 9.52. The number of carbonyl (C=O) groups is 1. The number of nitrogens with zero attached hydrogens (tertiary/aromatic N) is 1. The van der Waals surface area contributed by atoms with Crippen molar-refractivity contribution in [3.05, 3.63) is 11.3 Å². The summed E-state index contributed by atoms with van der Waals surface area (Å²) in [6.07, 6.45) is 1.95. The molecule has 1 amide bonds. The molecule has 1 heterocycles. The summed E-state index contributed by atoms with van der Waals surface area (Å²) in [7, 11) is 0. The molecule has 0 aromatic carbocycles. The second-order valence-corrected chi connectivity index (χ2v) is 3.86. The molecule has 0 bridgehead atoms. The molecule has 1 aliphatic rings. The minimum absolute atomic E-state index is 0.147. The summed E-state index contributed by atoms with van der Waals surface area (Å²) in [4.78, 5) is 13.9. The van der Waals surface area contributed by atoms with E-state index in [1.165, 1.54) is 0 Å². The Morgan fingerprint density at radius 1 is 1.40 bits per heavy atom. The van der Waals surface area contributed by atoms with Crippen LogP contribution in [-0.4, -0.2) is 30.0 Å². The fraction of sp³-hybridized carbons (Fsp3) is 0.750. The SMILES string of the molecule is CCC1CC(C(=O)N(CC)CC)=C(C)O1. The van der Waals surface area contributed by atoms with Crippen molar-refractivity contribution in [1.29, 1.82) is 0 Å². The van der Waals surface area contributed by atoms with Gasteiger partial charge in [0.1, 0.15) is 11.9 Å². The highest BCUT2D eigenvalue weighted by atomic mass is 16.5. The molecule has 0 aliphatic carbocycles. The van der Waals surface area contributed by atoms with E-state index < -0.39 is 0 Å². The maximum atomic E-state index is 12.1. The van der Waals surface area contributed by atoms with E-state index in [0.29, 0.717) is 0 Å². The lowest BCUT2D eigenvalue weighted by Gasteiger charge is -2.19. The molecule has 0 fully saturated rings. The van der Waals surface area contributed by atoms with Crippen LogP contribution in [0.5, 0.6) is 0 Å². The Hall–Kier alpha value is -0.990. The minimum Gasteiger partial charge on any atom is -0.494 e. The Bertz CT molecular complexity index is 267. The van der Waals surface area contributed by atoms with Gasteiger partial charge in [-0.25, -0.2) is 0 Å². The Morgan fingerprint density at radius 3 is 2.40 bits per heavy atom. The largest absolute Gasteiger partial charge is 0.494 e. The lowest BCUT2D eigenvalue weighted by atomic mass is 10.1. The van der Waals surface area contributed by atoms with E-state index in [1.807, 2.05) is 25.7 Å². The second kappa shape index (κ2) is 5.19. The number of ether oxygens (including phenoxy) is 1. The van der Waals surface area contributed by atoms with Gasteiger partial charge in [0.05, 0.1) is 5.57 Å². The van der Waals surface area contributed by atoms with Crippen molar-refractivity contribution in [3.63, 3.8) is 0 Å². The molecule has 1 aliphatic heterocycles. The van der Waals surface area contributed by atoms with Gasteiger partial charge in [0, 0.05) is 19.5 Å². The molecular formula is C12H21NO2. The zero-order valence-electron chi connectivity index (χ0n) is 10.2. The van der Waals surface area contributed by atoms with E-state index in [4.69, 9.17) is 4.74 Å². The van der Waals surface area contributed by atoms with Crippen LogP contribution in [0.2, 0.25) is 0 Å². The van der Waals surface area contributed by atoms with Crippen molar-refractivity contribution in [2.24, 2.45) is 0 Å². The predicted molar refractivity (Wildman–Crippen MR) is 60.4 cm³/mol. The third-order valence-corrected chi connectivity index (χ3v) is 2.96. The van der Waals surface area contributed by atoms with E-state index in [-0.39, 0.29) is 12.0 Å². The van der Waals surface area contributed by atoms with Crippen molar-refractivity contribution >= 4 is 5.91 Å². The second-order valence-electron chi connectivity index (χ2n) is 3.86. The van der Waals surface area contributed by atoms with Crippen molar-refractivity contribution in [2.45, 2.75) is 46.6 Å². The van der Waals surface area contributed by atoms with Gasteiger partial charge in [0.2, 0.25) is 0 Å². The number of rotatable bonds is 4. The molecule has 3 heteroatoms. The molecule has 0 N–H and O–H groups in total. The molecular weight excluding hydrogens is 190 g/mol. The van der Waals surface area contributed by atoms with Gasteiger partial charge in [-0.2, -0.15) is 0 Å². The van der Waals surface area contributed by atoms with Crippen molar-refractivity contribution in [1.82, 2.24) is 4.90 Å². The molecule has 1 rings (SSSR count). The zero-order valence-corrected chi connectivity index (χ0v) is 10.2. The first kappa shape index (κ1) is 12.1. The average molecular weight is 211 g/mol. The van der Waals surface area contributed by atoms with Crippen molar-refractivity contribution in [3.8, 4) is 0 Å². The van der Waals surface area contributed by atoms with Crippen LogP contribution >= 0.6 is 0 Å². The van der Waals surface area contributed by atoms with Crippen molar-refractivity contribution in [2.75, 3.05) is 13.1 Å². The summed E-state index contributed by atoms with van der Waals surface area (Å²) < 4.78 is 5.62. The quantitative estimate of drug-likeness (QED) is 0.714. The first-order valence-electron chi connectivity index (χ1n) is 5.79. The van der Waals surface area contributed by atoms with Gasteiger partial charge in [0.25, 0.3) is 5.91 Å². The minimum atomic E-state index is 0.147. The Morgan fingerprint density at radius 2 is 2.00 bits per heavy atom. The number of likely N-dealkylation sites (N-methyl/N-ethyl adjacent to an activating group) is 1. The maximum absolute atomic E-state index is 12.1. The van der Waals surface area contributed by atoms with E-state index in [1.54, 1.807) is 0 Å². The molecule has 3 nitrogen and oxygen atoms in total. The maximum Gasteiger partial charge on any atom is 0.253 e. The van der Waals surface area contributed by atoms with Crippen LogP contribution in [0.15, 0.2) is 11.3 Å². The van der Waals surface area contributed by atoms with Gasteiger partial charge in [-0.3, -0.25) is 4.79 Å². The highest BCUT2D eigenvalue weighted by Crippen LogP contribution is 2.27. The molecule has 0 aromatic heterocycles. The number of hydrogen-bond donors (Lipinski definition) is 0. The molecule has 86 valence electrons. The van der Waals surface area contributed by atoms with Crippen LogP contribution in [0.3, 0.4) is 0 Å². The summed E-state index contributed by atoms with van der Waals surface area (Å²) in [5, 5.41) is 0. The molecule has 0 saturated heterocycles. The smallest absolute Gasteiger partial charge is 0.253 e. The number of allylic oxidation sites excluding steroid dienone is 1. The third-order valence-electron chi connectivity index (χ3n) is 2.96. The standard InChI is InChI=1S/C12H21NO2/c1-5-10-8-11(9(4)15-10)12(14)13(6-2)7-3/h10H,5-8H2,1-4H3. The average Bonchev–Trinajstić information content (AvgIpc) is 2.61. The van der Waals surface area contributed by atoms with Gasteiger partial charge >= 0.3 is 0 Å². The summed E-state index contributed by atoms with van der Waals surface area (Å²) >= 11 is 0. The summed E-state index contributed by atoms with van der Waals surface area (Å²) in [5.41, 5.74) is 0.866. The highest BCUT2D eigenvalue weighted by Gasteiger charge is 2.28.